The van der Waals surface area contributed by atoms with Crippen LogP contribution in [0.5, 0.6) is 0 Å². The minimum atomic E-state index is 0.425. The van der Waals surface area contributed by atoms with Gasteiger partial charge in [-0.25, -0.2) is 0 Å². The molecule has 0 bridgehead atoms. The van der Waals surface area contributed by atoms with Crippen molar-refractivity contribution in [1.29, 1.82) is 0 Å². The molecule has 0 amide bonds. The molecule has 2 nitrogen and oxygen atoms in total. The van der Waals surface area contributed by atoms with Crippen LogP contribution in [-0.2, 0) is 4.74 Å². The van der Waals surface area contributed by atoms with E-state index in [9.17, 15) is 0 Å². The highest BCUT2D eigenvalue weighted by atomic mass is 32.2. The Morgan fingerprint density at radius 3 is 2.47 bits per heavy atom. The van der Waals surface area contributed by atoms with Gasteiger partial charge in [0.2, 0.25) is 0 Å². The Balaban J connectivity index is 1.91. The van der Waals surface area contributed by atoms with E-state index in [0.29, 0.717) is 12.1 Å². The molecule has 1 unspecified atom stereocenters. The van der Waals surface area contributed by atoms with E-state index in [2.05, 4.69) is 42.8 Å². The fourth-order valence-corrected chi connectivity index (χ4v) is 2.61. The first-order valence-corrected chi connectivity index (χ1v) is 7.50. The minimum Gasteiger partial charge on any atom is -0.381 e. The predicted molar refractivity (Wildman–Crippen MR) is 73.6 cm³/mol. The Morgan fingerprint density at radius 2 is 1.88 bits per heavy atom. The standard InChI is InChI=1S/C14H21NOS/c1-11(15-13-7-9-16-10-8-13)12-3-5-14(17-2)6-4-12/h3-6,11,13,15H,7-10H2,1-2H3. The number of rotatable bonds is 4. The van der Waals surface area contributed by atoms with Crippen molar-refractivity contribution < 1.29 is 4.74 Å². The van der Waals surface area contributed by atoms with Crippen LogP contribution in [0.2, 0.25) is 0 Å². The number of ether oxygens (including phenoxy) is 1. The summed E-state index contributed by atoms with van der Waals surface area (Å²) in [6.07, 6.45) is 4.37. The van der Waals surface area contributed by atoms with Gasteiger partial charge in [0.15, 0.2) is 0 Å². The zero-order valence-electron chi connectivity index (χ0n) is 10.6. The second kappa shape index (κ2) is 6.43. The first-order chi connectivity index (χ1) is 8.29. The molecule has 0 aromatic heterocycles. The van der Waals surface area contributed by atoms with E-state index >= 15 is 0 Å². The molecule has 94 valence electrons. The lowest BCUT2D eigenvalue weighted by Gasteiger charge is -2.27. The lowest BCUT2D eigenvalue weighted by atomic mass is 10.0. The Kier molecular flexibility index (Phi) is 4.89. The number of hydrogen-bond acceptors (Lipinski definition) is 3. The van der Waals surface area contributed by atoms with Crippen molar-refractivity contribution in [1.82, 2.24) is 5.32 Å². The fraction of sp³-hybridized carbons (Fsp3) is 0.571. The third-order valence-corrected chi connectivity index (χ3v) is 4.07. The van der Waals surface area contributed by atoms with Crippen LogP contribution in [0.3, 0.4) is 0 Å². The highest BCUT2D eigenvalue weighted by Gasteiger charge is 2.16. The average molecular weight is 251 g/mol. The van der Waals surface area contributed by atoms with E-state index in [1.807, 2.05) is 0 Å². The summed E-state index contributed by atoms with van der Waals surface area (Å²) in [7, 11) is 0. The summed E-state index contributed by atoms with van der Waals surface area (Å²) in [5.74, 6) is 0. The van der Waals surface area contributed by atoms with Crippen LogP contribution in [0.25, 0.3) is 0 Å². The number of nitrogens with one attached hydrogen (secondary N) is 1. The van der Waals surface area contributed by atoms with E-state index in [0.717, 1.165) is 26.1 Å². The molecule has 1 saturated heterocycles. The van der Waals surface area contributed by atoms with Gasteiger partial charge < -0.3 is 10.1 Å². The molecule has 1 fully saturated rings. The third kappa shape index (κ3) is 3.73. The Morgan fingerprint density at radius 1 is 1.24 bits per heavy atom. The van der Waals surface area contributed by atoms with Gasteiger partial charge in [0.1, 0.15) is 0 Å². The van der Waals surface area contributed by atoms with Gasteiger partial charge in [-0.3, -0.25) is 0 Å². The van der Waals surface area contributed by atoms with Crippen molar-refractivity contribution in [3.63, 3.8) is 0 Å². The van der Waals surface area contributed by atoms with Gasteiger partial charge >= 0.3 is 0 Å². The van der Waals surface area contributed by atoms with Crippen LogP contribution in [0.1, 0.15) is 31.4 Å². The molecule has 0 radical (unpaired) electrons. The van der Waals surface area contributed by atoms with Gasteiger partial charge in [-0.15, -0.1) is 11.8 Å². The molecule has 1 aliphatic heterocycles. The van der Waals surface area contributed by atoms with Crippen molar-refractivity contribution in [2.75, 3.05) is 19.5 Å². The molecule has 1 N–H and O–H groups in total. The number of thioether (sulfide) groups is 1. The molecule has 1 aromatic rings. The SMILES string of the molecule is CSc1ccc(C(C)NC2CCOCC2)cc1. The summed E-state index contributed by atoms with van der Waals surface area (Å²) in [6, 6.07) is 9.88. The second-order valence-electron chi connectivity index (χ2n) is 4.55. The quantitative estimate of drug-likeness (QED) is 0.830. The summed E-state index contributed by atoms with van der Waals surface area (Å²) in [6.45, 7) is 4.04. The van der Waals surface area contributed by atoms with Crippen molar-refractivity contribution in [3.8, 4) is 0 Å². The molecule has 17 heavy (non-hydrogen) atoms. The van der Waals surface area contributed by atoms with Crippen LogP contribution < -0.4 is 5.32 Å². The highest BCUT2D eigenvalue weighted by molar-refractivity contribution is 7.98. The summed E-state index contributed by atoms with van der Waals surface area (Å²) in [4.78, 5) is 1.33. The molecule has 3 heteroatoms. The van der Waals surface area contributed by atoms with Gasteiger partial charge in [0.25, 0.3) is 0 Å². The zero-order chi connectivity index (χ0) is 12.1. The van der Waals surface area contributed by atoms with E-state index in [4.69, 9.17) is 4.74 Å². The maximum atomic E-state index is 5.37. The lowest BCUT2D eigenvalue weighted by molar-refractivity contribution is 0.0754. The molecule has 1 aliphatic rings. The van der Waals surface area contributed by atoms with Crippen LogP contribution in [-0.4, -0.2) is 25.5 Å². The van der Waals surface area contributed by atoms with Crippen molar-refractivity contribution in [2.45, 2.75) is 36.7 Å². The fourth-order valence-electron chi connectivity index (χ4n) is 2.21. The first-order valence-electron chi connectivity index (χ1n) is 6.27. The average Bonchev–Trinajstić information content (AvgIpc) is 2.40. The molecule has 2 rings (SSSR count). The Bertz CT molecular complexity index is 333. The second-order valence-corrected chi connectivity index (χ2v) is 5.43. The van der Waals surface area contributed by atoms with E-state index in [1.165, 1.54) is 10.5 Å². The monoisotopic (exact) mass is 251 g/mol. The molecular formula is C14H21NOS. The van der Waals surface area contributed by atoms with Gasteiger partial charge in [0, 0.05) is 30.2 Å². The Hall–Kier alpha value is -0.510. The lowest BCUT2D eigenvalue weighted by Crippen LogP contribution is -2.36. The van der Waals surface area contributed by atoms with Crippen molar-refractivity contribution >= 4 is 11.8 Å². The van der Waals surface area contributed by atoms with E-state index in [1.54, 1.807) is 11.8 Å². The minimum absolute atomic E-state index is 0.425. The normalized spacial score (nSPS) is 19.2. The summed E-state index contributed by atoms with van der Waals surface area (Å²) >= 11 is 1.79. The summed E-state index contributed by atoms with van der Waals surface area (Å²) in [5, 5.41) is 3.69. The maximum absolute atomic E-state index is 5.37. The van der Waals surface area contributed by atoms with Gasteiger partial charge in [-0.05, 0) is 43.7 Å². The van der Waals surface area contributed by atoms with Crippen LogP contribution >= 0.6 is 11.8 Å². The van der Waals surface area contributed by atoms with Crippen molar-refractivity contribution in [2.24, 2.45) is 0 Å². The predicted octanol–water partition coefficient (Wildman–Crippen LogP) is 3.24. The molecule has 0 aliphatic carbocycles. The number of hydrogen-bond donors (Lipinski definition) is 1. The topological polar surface area (TPSA) is 21.3 Å². The van der Waals surface area contributed by atoms with Crippen LogP contribution in [0.4, 0.5) is 0 Å². The largest absolute Gasteiger partial charge is 0.381 e. The van der Waals surface area contributed by atoms with Gasteiger partial charge in [0.05, 0.1) is 0 Å². The first kappa shape index (κ1) is 12.9. The number of benzene rings is 1. The van der Waals surface area contributed by atoms with Crippen molar-refractivity contribution in [3.05, 3.63) is 29.8 Å². The van der Waals surface area contributed by atoms with E-state index in [-0.39, 0.29) is 0 Å². The molecule has 1 heterocycles. The van der Waals surface area contributed by atoms with Gasteiger partial charge in [-0.2, -0.15) is 0 Å². The molecule has 0 saturated carbocycles. The smallest absolute Gasteiger partial charge is 0.0480 e. The van der Waals surface area contributed by atoms with Gasteiger partial charge in [-0.1, -0.05) is 12.1 Å². The van der Waals surface area contributed by atoms with Crippen LogP contribution in [0.15, 0.2) is 29.2 Å². The third-order valence-electron chi connectivity index (χ3n) is 3.32. The Labute approximate surface area is 108 Å². The molecular weight excluding hydrogens is 230 g/mol. The highest BCUT2D eigenvalue weighted by Crippen LogP contribution is 2.20. The maximum Gasteiger partial charge on any atom is 0.0480 e. The van der Waals surface area contributed by atoms with Crippen LogP contribution in [0, 0.1) is 0 Å². The van der Waals surface area contributed by atoms with E-state index < -0.39 is 0 Å². The molecule has 1 atom stereocenters. The summed E-state index contributed by atoms with van der Waals surface area (Å²) < 4.78 is 5.37. The summed E-state index contributed by atoms with van der Waals surface area (Å²) in [5.41, 5.74) is 1.37. The zero-order valence-corrected chi connectivity index (χ0v) is 11.4. The molecule has 1 aromatic carbocycles. The molecule has 0 spiro atoms.